The summed E-state index contributed by atoms with van der Waals surface area (Å²) in [6.07, 6.45) is -6.85. The largest absolute Gasteiger partial charge is 0.506 e. The summed E-state index contributed by atoms with van der Waals surface area (Å²) in [7, 11) is 0. The molecule has 34 heavy (non-hydrogen) atoms. The van der Waals surface area contributed by atoms with Crippen molar-refractivity contribution in [2.24, 2.45) is 0 Å². The lowest BCUT2D eigenvalue weighted by molar-refractivity contribution is -0.288. The van der Waals surface area contributed by atoms with Crippen molar-refractivity contribution < 1.29 is 57.8 Å². The molecule has 1 aromatic carbocycles. The average Bonchev–Trinajstić information content (AvgIpc) is 2.72. The van der Waals surface area contributed by atoms with Crippen LogP contribution >= 0.6 is 11.6 Å². The van der Waals surface area contributed by atoms with E-state index in [9.17, 15) is 29.4 Å². The summed E-state index contributed by atoms with van der Waals surface area (Å²) in [6.45, 7) is 3.45. The van der Waals surface area contributed by atoms with Gasteiger partial charge in [-0.1, -0.05) is 11.6 Å². The van der Waals surface area contributed by atoms with Crippen molar-refractivity contribution in [3.8, 4) is 11.5 Å². The van der Waals surface area contributed by atoms with Crippen LogP contribution in [0.3, 0.4) is 0 Å². The topological polar surface area (TPSA) is 164 Å². The Kier molecular flexibility index (Phi) is 9.47. The number of ether oxygens (including phenoxy) is 6. The first kappa shape index (κ1) is 27.2. The van der Waals surface area contributed by atoms with Crippen molar-refractivity contribution in [2.45, 2.75) is 65.0 Å². The Hall–Kier alpha value is -3.09. The number of rotatable bonds is 8. The lowest BCUT2D eigenvalue weighted by Crippen LogP contribution is -2.63. The zero-order chi connectivity index (χ0) is 25.6. The summed E-state index contributed by atoms with van der Waals surface area (Å²) >= 11 is 5.98. The second-order valence-corrected chi connectivity index (χ2v) is 7.66. The molecule has 1 aliphatic heterocycles. The van der Waals surface area contributed by atoms with Gasteiger partial charge in [-0.15, -0.1) is 0 Å². The number of hydrogen-bond donors (Lipinski definition) is 2. The number of aliphatic hydroxyl groups excluding tert-OH is 1. The number of esters is 4. The van der Waals surface area contributed by atoms with Crippen LogP contribution in [-0.2, 0) is 49.5 Å². The van der Waals surface area contributed by atoms with Gasteiger partial charge in [-0.3, -0.25) is 19.2 Å². The van der Waals surface area contributed by atoms with Crippen LogP contribution in [0.2, 0.25) is 5.02 Å². The molecule has 1 aliphatic rings. The highest BCUT2D eigenvalue weighted by atomic mass is 35.5. The fourth-order valence-electron chi connectivity index (χ4n) is 3.23. The van der Waals surface area contributed by atoms with E-state index in [2.05, 4.69) is 0 Å². The highest BCUT2D eigenvalue weighted by Crippen LogP contribution is 2.35. The van der Waals surface area contributed by atoms with Crippen molar-refractivity contribution in [3.63, 3.8) is 0 Å². The predicted octanol–water partition coefficient (Wildman–Crippen LogP) is 1.000. The lowest BCUT2D eigenvalue weighted by atomic mass is 9.98. The van der Waals surface area contributed by atoms with Gasteiger partial charge >= 0.3 is 23.9 Å². The van der Waals surface area contributed by atoms with Gasteiger partial charge in [0.15, 0.2) is 12.2 Å². The van der Waals surface area contributed by atoms with Crippen LogP contribution in [0.15, 0.2) is 12.1 Å². The molecule has 0 unspecified atom stereocenters. The number of carbonyl (C=O) groups excluding carboxylic acids is 4. The zero-order valence-electron chi connectivity index (χ0n) is 18.8. The standard InChI is InChI=1S/C21H25ClO12/c1-9(24)29-8-16-18(30-10(2)25)19(31-11(3)26)20(32-12(4)27)21(34-16)33-14-5-13(7-23)17(28)15(22)6-14/h5-6,16,18-21,23,28H,7-8H2,1-4H3/t16-,18-,19+,20+,21+/m1/s1. The first-order valence-corrected chi connectivity index (χ1v) is 10.4. The summed E-state index contributed by atoms with van der Waals surface area (Å²) in [6, 6.07) is 2.47. The second kappa shape index (κ2) is 11.9. The summed E-state index contributed by atoms with van der Waals surface area (Å²) in [5.74, 6) is -3.38. The van der Waals surface area contributed by atoms with Gasteiger partial charge in [-0.05, 0) is 6.07 Å². The van der Waals surface area contributed by atoms with E-state index in [0.29, 0.717) is 0 Å². The molecule has 2 N–H and O–H groups in total. The number of phenols is 1. The van der Waals surface area contributed by atoms with Crippen LogP contribution in [0.1, 0.15) is 33.3 Å². The maximum atomic E-state index is 11.8. The minimum absolute atomic E-state index is 0.00671. The van der Waals surface area contributed by atoms with E-state index in [1.807, 2.05) is 0 Å². The first-order chi connectivity index (χ1) is 15.9. The van der Waals surface area contributed by atoms with E-state index >= 15 is 0 Å². The first-order valence-electron chi connectivity index (χ1n) is 10.0. The SMILES string of the molecule is CC(=O)OC[C@H]1O[C@H](Oc2cc(Cl)c(O)c(CO)c2)[C@@H](OC(C)=O)[C@@H](OC(C)=O)[C@@H]1OC(C)=O. The number of carbonyl (C=O) groups is 4. The third-order valence-electron chi connectivity index (χ3n) is 4.49. The minimum Gasteiger partial charge on any atom is -0.506 e. The summed E-state index contributed by atoms with van der Waals surface area (Å²) in [5, 5.41) is 19.2. The second-order valence-electron chi connectivity index (χ2n) is 7.26. The van der Waals surface area contributed by atoms with E-state index in [1.54, 1.807) is 0 Å². The van der Waals surface area contributed by atoms with Crippen molar-refractivity contribution in [2.75, 3.05) is 6.61 Å². The summed E-state index contributed by atoms with van der Waals surface area (Å²) in [4.78, 5) is 46.8. The van der Waals surface area contributed by atoms with E-state index in [0.717, 1.165) is 27.7 Å². The third-order valence-corrected chi connectivity index (χ3v) is 4.77. The highest BCUT2D eigenvalue weighted by molar-refractivity contribution is 6.32. The molecule has 0 radical (unpaired) electrons. The summed E-state index contributed by atoms with van der Waals surface area (Å²) in [5.41, 5.74) is 0.0353. The Balaban J connectivity index is 2.51. The van der Waals surface area contributed by atoms with Gasteiger partial charge < -0.3 is 38.6 Å². The van der Waals surface area contributed by atoms with E-state index < -0.39 is 67.8 Å². The van der Waals surface area contributed by atoms with Gasteiger partial charge in [0.05, 0.1) is 11.6 Å². The molecule has 0 aromatic heterocycles. The molecule has 0 aliphatic carbocycles. The van der Waals surface area contributed by atoms with Gasteiger partial charge in [-0.2, -0.15) is 0 Å². The van der Waals surface area contributed by atoms with E-state index in [4.69, 9.17) is 40.0 Å². The predicted molar refractivity (Wildman–Crippen MR) is 112 cm³/mol. The molecule has 0 bridgehead atoms. The zero-order valence-corrected chi connectivity index (χ0v) is 19.6. The number of halogens is 1. The molecule has 0 spiro atoms. The fraction of sp³-hybridized carbons (Fsp3) is 0.524. The van der Waals surface area contributed by atoms with Gasteiger partial charge in [0.1, 0.15) is 24.2 Å². The number of aromatic hydroxyl groups is 1. The molecule has 1 heterocycles. The molecule has 0 amide bonds. The smallest absolute Gasteiger partial charge is 0.303 e. The molecule has 13 heteroatoms. The maximum Gasteiger partial charge on any atom is 0.303 e. The Morgan fingerprint density at radius 2 is 1.47 bits per heavy atom. The van der Waals surface area contributed by atoms with Crippen molar-refractivity contribution >= 4 is 35.5 Å². The molecule has 0 saturated carbocycles. The van der Waals surface area contributed by atoms with E-state index in [-0.39, 0.29) is 22.1 Å². The molecular weight excluding hydrogens is 480 g/mol. The van der Waals surface area contributed by atoms with Crippen molar-refractivity contribution in [1.29, 1.82) is 0 Å². The van der Waals surface area contributed by atoms with Crippen LogP contribution in [0, 0.1) is 0 Å². The van der Waals surface area contributed by atoms with Gasteiger partial charge in [0.25, 0.3) is 0 Å². The maximum absolute atomic E-state index is 11.8. The Morgan fingerprint density at radius 3 is 2.00 bits per heavy atom. The highest BCUT2D eigenvalue weighted by Gasteiger charge is 2.53. The Bertz CT molecular complexity index is 933. The van der Waals surface area contributed by atoms with Crippen LogP contribution in [0.5, 0.6) is 11.5 Å². The Labute approximate surface area is 199 Å². The molecule has 1 fully saturated rings. The number of hydrogen-bond acceptors (Lipinski definition) is 12. The average molecular weight is 505 g/mol. The lowest BCUT2D eigenvalue weighted by Gasteiger charge is -2.43. The molecular formula is C21H25ClO12. The van der Waals surface area contributed by atoms with E-state index in [1.165, 1.54) is 12.1 Å². The van der Waals surface area contributed by atoms with Gasteiger partial charge in [0, 0.05) is 39.3 Å². The monoisotopic (exact) mass is 504 g/mol. The molecule has 12 nitrogen and oxygen atoms in total. The van der Waals surface area contributed by atoms with Gasteiger partial charge in [-0.25, -0.2) is 0 Å². The quantitative estimate of drug-likeness (QED) is 0.381. The molecule has 1 aromatic rings. The minimum atomic E-state index is -1.48. The van der Waals surface area contributed by atoms with Crippen molar-refractivity contribution in [3.05, 3.63) is 22.7 Å². The summed E-state index contributed by atoms with van der Waals surface area (Å²) < 4.78 is 32.4. The number of aliphatic hydroxyl groups is 1. The van der Waals surface area contributed by atoms with Crippen molar-refractivity contribution in [1.82, 2.24) is 0 Å². The normalized spacial score (nSPS) is 24.0. The van der Waals surface area contributed by atoms with Crippen LogP contribution < -0.4 is 4.74 Å². The van der Waals surface area contributed by atoms with Crippen LogP contribution in [0.25, 0.3) is 0 Å². The molecule has 5 atom stereocenters. The van der Waals surface area contributed by atoms with Crippen LogP contribution in [-0.4, -0.2) is 71.4 Å². The Morgan fingerprint density at radius 1 is 0.912 bits per heavy atom. The molecule has 188 valence electrons. The number of benzene rings is 1. The van der Waals surface area contributed by atoms with Gasteiger partial charge in [0.2, 0.25) is 12.4 Å². The molecule has 1 saturated heterocycles. The van der Waals surface area contributed by atoms with Crippen LogP contribution in [0.4, 0.5) is 0 Å². The fourth-order valence-corrected chi connectivity index (χ4v) is 3.46. The third kappa shape index (κ3) is 7.20. The molecule has 2 rings (SSSR count).